The lowest BCUT2D eigenvalue weighted by Gasteiger charge is -2.15. The van der Waals surface area contributed by atoms with Gasteiger partial charge in [0.15, 0.2) is 5.96 Å². The van der Waals surface area contributed by atoms with E-state index in [0.29, 0.717) is 6.61 Å². The smallest absolute Gasteiger partial charge is 0.191 e. The molecule has 0 bridgehead atoms. The third kappa shape index (κ3) is 6.75. The zero-order chi connectivity index (χ0) is 17.0. The molecule has 0 aliphatic heterocycles. The van der Waals surface area contributed by atoms with Gasteiger partial charge in [-0.05, 0) is 50.2 Å². The summed E-state index contributed by atoms with van der Waals surface area (Å²) in [7, 11) is 1.82. The highest BCUT2D eigenvalue weighted by Gasteiger charge is 2.04. The summed E-state index contributed by atoms with van der Waals surface area (Å²) in [6, 6.07) is 8.53. The summed E-state index contributed by atoms with van der Waals surface area (Å²) in [6.07, 6.45) is 8.74. The van der Waals surface area contributed by atoms with E-state index in [1.54, 1.807) is 5.57 Å². The van der Waals surface area contributed by atoms with E-state index in [4.69, 9.17) is 4.74 Å². The van der Waals surface area contributed by atoms with E-state index < -0.39 is 0 Å². The SMILES string of the molecule is CCOCc1ccc(CNC(=NC)NCCC2=CCCCC2)cc1. The Morgan fingerprint density at radius 1 is 1.12 bits per heavy atom. The molecule has 1 aliphatic carbocycles. The zero-order valence-electron chi connectivity index (χ0n) is 15.1. The molecular weight excluding hydrogens is 298 g/mol. The molecule has 1 aromatic rings. The lowest BCUT2D eigenvalue weighted by molar-refractivity contribution is 0.134. The minimum absolute atomic E-state index is 0.684. The van der Waals surface area contributed by atoms with Crippen LogP contribution >= 0.6 is 0 Å². The van der Waals surface area contributed by atoms with Crippen molar-refractivity contribution in [2.75, 3.05) is 20.2 Å². The third-order valence-corrected chi connectivity index (χ3v) is 4.30. The van der Waals surface area contributed by atoms with Crippen LogP contribution in [-0.4, -0.2) is 26.2 Å². The number of allylic oxidation sites excluding steroid dienone is 1. The maximum Gasteiger partial charge on any atom is 0.191 e. The quantitative estimate of drug-likeness (QED) is 0.433. The second kappa shape index (κ2) is 10.9. The normalized spacial score (nSPS) is 15.1. The van der Waals surface area contributed by atoms with Crippen LogP contribution in [0.15, 0.2) is 40.9 Å². The number of rotatable bonds is 8. The van der Waals surface area contributed by atoms with Crippen molar-refractivity contribution < 1.29 is 4.74 Å². The summed E-state index contributed by atoms with van der Waals surface area (Å²) < 4.78 is 5.42. The molecule has 1 aliphatic rings. The van der Waals surface area contributed by atoms with Crippen molar-refractivity contribution in [2.24, 2.45) is 4.99 Å². The predicted octanol–water partition coefficient (Wildman–Crippen LogP) is 3.78. The maximum absolute atomic E-state index is 5.42. The van der Waals surface area contributed by atoms with Crippen LogP contribution in [-0.2, 0) is 17.9 Å². The Morgan fingerprint density at radius 3 is 2.58 bits per heavy atom. The van der Waals surface area contributed by atoms with Gasteiger partial charge in [-0.15, -0.1) is 0 Å². The van der Waals surface area contributed by atoms with E-state index in [-0.39, 0.29) is 0 Å². The maximum atomic E-state index is 5.42. The first-order valence-corrected chi connectivity index (χ1v) is 9.09. The lowest BCUT2D eigenvalue weighted by Crippen LogP contribution is -2.37. The molecule has 0 aromatic heterocycles. The van der Waals surface area contributed by atoms with E-state index in [9.17, 15) is 0 Å². The van der Waals surface area contributed by atoms with Crippen molar-refractivity contribution in [3.05, 3.63) is 47.0 Å². The standard InChI is InChI=1S/C20H31N3O/c1-3-24-16-19-11-9-18(10-12-19)15-23-20(21-2)22-14-13-17-7-5-4-6-8-17/h7,9-12H,3-6,8,13-16H2,1-2H3,(H2,21,22,23). The second-order valence-corrected chi connectivity index (χ2v) is 6.16. The molecule has 132 valence electrons. The molecule has 0 atom stereocenters. The van der Waals surface area contributed by atoms with Crippen molar-refractivity contribution in [1.82, 2.24) is 10.6 Å². The number of ether oxygens (including phenoxy) is 1. The summed E-state index contributed by atoms with van der Waals surface area (Å²) in [5.41, 5.74) is 4.05. The summed E-state index contributed by atoms with van der Waals surface area (Å²) in [5, 5.41) is 6.78. The first-order valence-electron chi connectivity index (χ1n) is 9.09. The van der Waals surface area contributed by atoms with E-state index in [2.05, 4.69) is 46.0 Å². The molecule has 4 nitrogen and oxygen atoms in total. The predicted molar refractivity (Wildman–Crippen MR) is 101 cm³/mol. The van der Waals surface area contributed by atoms with Crippen LogP contribution in [0.5, 0.6) is 0 Å². The molecular formula is C20H31N3O. The molecule has 0 fully saturated rings. The number of benzene rings is 1. The monoisotopic (exact) mass is 329 g/mol. The van der Waals surface area contributed by atoms with Crippen molar-refractivity contribution in [1.29, 1.82) is 0 Å². The van der Waals surface area contributed by atoms with Gasteiger partial charge < -0.3 is 15.4 Å². The fraction of sp³-hybridized carbons (Fsp3) is 0.550. The Balaban J connectivity index is 1.69. The largest absolute Gasteiger partial charge is 0.377 e. The Bertz CT molecular complexity index is 534. The van der Waals surface area contributed by atoms with Crippen molar-refractivity contribution in [3.8, 4) is 0 Å². The van der Waals surface area contributed by atoms with Crippen LogP contribution in [0, 0.1) is 0 Å². The van der Waals surface area contributed by atoms with Gasteiger partial charge in [0, 0.05) is 26.7 Å². The van der Waals surface area contributed by atoms with Gasteiger partial charge in [0.25, 0.3) is 0 Å². The Morgan fingerprint density at radius 2 is 1.92 bits per heavy atom. The van der Waals surface area contributed by atoms with Crippen LogP contribution in [0.2, 0.25) is 0 Å². The van der Waals surface area contributed by atoms with Gasteiger partial charge in [-0.1, -0.05) is 35.9 Å². The molecule has 4 heteroatoms. The van der Waals surface area contributed by atoms with E-state index >= 15 is 0 Å². The second-order valence-electron chi connectivity index (χ2n) is 6.16. The first kappa shape index (κ1) is 18.5. The van der Waals surface area contributed by atoms with Crippen LogP contribution in [0.25, 0.3) is 0 Å². The fourth-order valence-electron chi connectivity index (χ4n) is 2.85. The van der Waals surface area contributed by atoms with Gasteiger partial charge in [0.05, 0.1) is 6.61 Å². The van der Waals surface area contributed by atoms with Crippen molar-refractivity contribution in [3.63, 3.8) is 0 Å². The summed E-state index contributed by atoms with van der Waals surface area (Å²) in [5.74, 6) is 0.866. The number of guanidine groups is 1. The van der Waals surface area contributed by atoms with Crippen LogP contribution < -0.4 is 10.6 Å². The van der Waals surface area contributed by atoms with Gasteiger partial charge in [-0.3, -0.25) is 4.99 Å². The number of aliphatic imine (C=N–C) groups is 1. The summed E-state index contributed by atoms with van der Waals surface area (Å²) in [6.45, 7) is 5.17. The van der Waals surface area contributed by atoms with Gasteiger partial charge in [-0.25, -0.2) is 0 Å². The molecule has 0 saturated carbocycles. The number of hydrogen-bond acceptors (Lipinski definition) is 2. The summed E-state index contributed by atoms with van der Waals surface area (Å²) >= 11 is 0. The van der Waals surface area contributed by atoms with Gasteiger partial charge in [0.1, 0.15) is 0 Å². The molecule has 2 rings (SSSR count). The summed E-state index contributed by atoms with van der Waals surface area (Å²) in [4.78, 5) is 4.30. The van der Waals surface area contributed by atoms with Crippen LogP contribution in [0.3, 0.4) is 0 Å². The number of nitrogens with zero attached hydrogens (tertiary/aromatic N) is 1. The molecule has 1 aromatic carbocycles. The van der Waals surface area contributed by atoms with Gasteiger partial charge in [-0.2, -0.15) is 0 Å². The van der Waals surface area contributed by atoms with E-state index in [0.717, 1.165) is 32.1 Å². The minimum Gasteiger partial charge on any atom is -0.377 e. The van der Waals surface area contributed by atoms with Crippen LogP contribution in [0.4, 0.5) is 0 Å². The highest BCUT2D eigenvalue weighted by molar-refractivity contribution is 5.79. The average Bonchev–Trinajstić information content (AvgIpc) is 2.64. The zero-order valence-corrected chi connectivity index (χ0v) is 15.1. The molecule has 0 amide bonds. The fourth-order valence-corrected chi connectivity index (χ4v) is 2.85. The molecule has 0 spiro atoms. The Labute approximate surface area is 146 Å². The van der Waals surface area contributed by atoms with Crippen molar-refractivity contribution in [2.45, 2.75) is 52.2 Å². The van der Waals surface area contributed by atoms with Gasteiger partial charge >= 0.3 is 0 Å². The lowest BCUT2D eigenvalue weighted by atomic mass is 9.97. The molecule has 0 unspecified atom stereocenters. The minimum atomic E-state index is 0.684. The Hall–Kier alpha value is -1.81. The van der Waals surface area contributed by atoms with Gasteiger partial charge in [0.2, 0.25) is 0 Å². The van der Waals surface area contributed by atoms with Crippen LogP contribution in [0.1, 0.15) is 50.2 Å². The molecule has 0 radical (unpaired) electrons. The van der Waals surface area contributed by atoms with Crippen molar-refractivity contribution >= 4 is 5.96 Å². The average molecular weight is 329 g/mol. The molecule has 24 heavy (non-hydrogen) atoms. The molecule has 2 N–H and O–H groups in total. The molecule has 0 heterocycles. The highest BCUT2D eigenvalue weighted by atomic mass is 16.5. The number of hydrogen-bond donors (Lipinski definition) is 2. The van der Waals surface area contributed by atoms with E-state index in [1.165, 1.54) is 36.8 Å². The highest BCUT2D eigenvalue weighted by Crippen LogP contribution is 2.19. The third-order valence-electron chi connectivity index (χ3n) is 4.30. The number of nitrogens with one attached hydrogen (secondary N) is 2. The topological polar surface area (TPSA) is 45.6 Å². The van der Waals surface area contributed by atoms with E-state index in [1.807, 2.05) is 14.0 Å². The first-order chi connectivity index (χ1) is 11.8. The molecule has 0 saturated heterocycles. The Kier molecular flexibility index (Phi) is 8.39.